The van der Waals surface area contributed by atoms with Crippen molar-refractivity contribution in [1.29, 1.82) is 0 Å². The molecule has 5 nitrogen and oxygen atoms in total. The van der Waals surface area contributed by atoms with Gasteiger partial charge >= 0.3 is 5.97 Å². The van der Waals surface area contributed by atoms with Gasteiger partial charge in [-0.1, -0.05) is 59.2 Å². The van der Waals surface area contributed by atoms with E-state index in [0.717, 1.165) is 28.0 Å². The number of aliphatic carboxylic acids is 1. The number of nitrogens with zero attached hydrogens (tertiary/aromatic N) is 1. The second-order valence-electron chi connectivity index (χ2n) is 5.97. The second kappa shape index (κ2) is 9.58. The van der Waals surface area contributed by atoms with Crippen molar-refractivity contribution in [3.8, 4) is 16.9 Å². The monoisotopic (exact) mass is 395 g/mol. The first-order chi connectivity index (χ1) is 13.6. The van der Waals surface area contributed by atoms with Crippen LogP contribution in [0.5, 0.6) is 5.75 Å². The summed E-state index contributed by atoms with van der Waals surface area (Å²) in [6, 6.07) is 23.0. The Kier molecular flexibility index (Phi) is 6.65. The molecule has 3 aromatic rings. The molecule has 1 N–H and O–H groups in total. The van der Waals surface area contributed by atoms with Gasteiger partial charge in [0.2, 0.25) is 6.61 Å². The number of oxime groups is 1. The minimum absolute atomic E-state index is 0.428. The molecule has 0 atom stereocenters. The van der Waals surface area contributed by atoms with Gasteiger partial charge in [-0.3, -0.25) is 0 Å². The number of hydrogen-bond acceptors (Lipinski definition) is 4. The molecule has 142 valence electrons. The zero-order valence-electron chi connectivity index (χ0n) is 14.9. The Morgan fingerprint density at radius 1 is 1.00 bits per heavy atom. The fraction of sp³-hybridized carbons (Fsp3) is 0.0909. The van der Waals surface area contributed by atoms with Crippen LogP contribution < -0.4 is 4.74 Å². The molecule has 28 heavy (non-hydrogen) atoms. The van der Waals surface area contributed by atoms with E-state index in [9.17, 15) is 4.79 Å². The molecular formula is C22H18ClNO4. The van der Waals surface area contributed by atoms with Crippen LogP contribution in [0.4, 0.5) is 0 Å². The summed E-state index contributed by atoms with van der Waals surface area (Å²) in [4.78, 5) is 15.1. The van der Waals surface area contributed by atoms with E-state index in [1.807, 2.05) is 72.8 Å². The van der Waals surface area contributed by atoms with Crippen molar-refractivity contribution >= 4 is 23.8 Å². The maximum Gasteiger partial charge on any atom is 0.344 e. The lowest BCUT2D eigenvalue weighted by atomic mass is 10.0. The molecule has 0 unspecified atom stereocenters. The molecule has 0 aliphatic carbocycles. The van der Waals surface area contributed by atoms with Gasteiger partial charge < -0.3 is 14.7 Å². The summed E-state index contributed by atoms with van der Waals surface area (Å²) in [5.41, 5.74) is 3.77. The van der Waals surface area contributed by atoms with E-state index in [2.05, 4.69) is 9.99 Å². The van der Waals surface area contributed by atoms with E-state index in [4.69, 9.17) is 21.4 Å². The van der Waals surface area contributed by atoms with Gasteiger partial charge in [0, 0.05) is 5.02 Å². The van der Waals surface area contributed by atoms with Crippen LogP contribution in [0.1, 0.15) is 11.1 Å². The molecular weight excluding hydrogens is 378 g/mol. The molecule has 0 spiro atoms. The smallest absolute Gasteiger partial charge is 0.344 e. The fourth-order valence-electron chi connectivity index (χ4n) is 2.55. The number of hydrogen-bond donors (Lipinski definition) is 1. The van der Waals surface area contributed by atoms with E-state index < -0.39 is 12.6 Å². The Hall–Kier alpha value is -3.31. The van der Waals surface area contributed by atoms with Crippen LogP contribution >= 0.6 is 11.6 Å². The summed E-state index contributed by atoms with van der Waals surface area (Å²) in [6.07, 6.45) is 1.48. The number of carbonyl (C=O) groups is 1. The van der Waals surface area contributed by atoms with E-state index >= 15 is 0 Å². The van der Waals surface area contributed by atoms with Gasteiger partial charge in [0.1, 0.15) is 12.4 Å². The minimum atomic E-state index is -1.07. The molecule has 6 heteroatoms. The predicted molar refractivity (Wildman–Crippen MR) is 109 cm³/mol. The van der Waals surface area contributed by atoms with Gasteiger partial charge in [0.25, 0.3) is 0 Å². The lowest BCUT2D eigenvalue weighted by Crippen LogP contribution is -2.03. The molecule has 0 saturated heterocycles. The third kappa shape index (κ3) is 5.86. The number of halogens is 1. The predicted octanol–water partition coefficient (Wildman–Crippen LogP) is 5.02. The van der Waals surface area contributed by atoms with E-state index in [1.54, 1.807) is 0 Å². The first kappa shape index (κ1) is 19.5. The maximum absolute atomic E-state index is 10.4. The van der Waals surface area contributed by atoms with Gasteiger partial charge in [0.15, 0.2) is 0 Å². The number of benzene rings is 3. The van der Waals surface area contributed by atoms with Gasteiger partial charge in [0.05, 0.1) is 6.21 Å². The number of ether oxygens (including phenoxy) is 1. The van der Waals surface area contributed by atoms with Gasteiger partial charge in [-0.25, -0.2) is 4.79 Å². The quantitative estimate of drug-likeness (QED) is 0.429. The Morgan fingerprint density at radius 3 is 2.54 bits per heavy atom. The normalized spacial score (nSPS) is 10.8. The molecule has 0 aliphatic rings. The molecule has 0 bridgehead atoms. The average molecular weight is 396 g/mol. The fourth-order valence-corrected chi connectivity index (χ4v) is 2.76. The Morgan fingerprint density at radius 2 is 1.75 bits per heavy atom. The highest BCUT2D eigenvalue weighted by atomic mass is 35.5. The van der Waals surface area contributed by atoms with Crippen LogP contribution in [0, 0.1) is 0 Å². The van der Waals surface area contributed by atoms with Gasteiger partial charge in [-0.05, 0) is 52.6 Å². The van der Waals surface area contributed by atoms with Gasteiger partial charge in [-0.2, -0.15) is 0 Å². The summed E-state index contributed by atoms with van der Waals surface area (Å²) >= 11 is 6.00. The second-order valence-corrected chi connectivity index (χ2v) is 6.41. The van der Waals surface area contributed by atoms with E-state index in [1.165, 1.54) is 6.21 Å². The number of rotatable bonds is 8. The molecule has 0 fully saturated rings. The average Bonchev–Trinajstić information content (AvgIpc) is 2.70. The Bertz CT molecular complexity index is 988. The van der Waals surface area contributed by atoms with Crippen molar-refractivity contribution in [2.45, 2.75) is 6.61 Å². The third-order valence-corrected chi connectivity index (χ3v) is 4.05. The van der Waals surface area contributed by atoms with Crippen LogP contribution in [0.2, 0.25) is 5.02 Å². The highest BCUT2D eigenvalue weighted by Crippen LogP contribution is 2.25. The molecule has 0 heterocycles. The van der Waals surface area contributed by atoms with Crippen molar-refractivity contribution in [3.63, 3.8) is 0 Å². The summed E-state index contributed by atoms with van der Waals surface area (Å²) in [6.45, 7) is -0.0418. The van der Waals surface area contributed by atoms with Crippen LogP contribution in [0.15, 0.2) is 78.0 Å². The minimum Gasteiger partial charge on any atom is -0.489 e. The van der Waals surface area contributed by atoms with E-state index in [0.29, 0.717) is 11.6 Å². The summed E-state index contributed by atoms with van der Waals surface area (Å²) < 4.78 is 5.88. The SMILES string of the molecule is O=C(O)CO/N=C/c1cccc(-c2cccc(OCc3cccc(Cl)c3)c2)c1. The summed E-state index contributed by atoms with van der Waals surface area (Å²) in [5, 5.41) is 12.9. The molecule has 0 radical (unpaired) electrons. The van der Waals surface area contributed by atoms with Crippen molar-refractivity contribution < 1.29 is 19.5 Å². The Balaban J connectivity index is 1.69. The molecule has 0 aliphatic heterocycles. The number of carboxylic acids is 1. The lowest BCUT2D eigenvalue weighted by Gasteiger charge is -2.09. The Labute approximate surface area is 167 Å². The van der Waals surface area contributed by atoms with Crippen LogP contribution in [-0.2, 0) is 16.2 Å². The van der Waals surface area contributed by atoms with Crippen molar-refractivity contribution in [3.05, 3.63) is 88.9 Å². The lowest BCUT2D eigenvalue weighted by molar-refractivity contribution is -0.142. The van der Waals surface area contributed by atoms with Crippen molar-refractivity contribution in [2.24, 2.45) is 5.16 Å². The van der Waals surface area contributed by atoms with Crippen LogP contribution in [0.25, 0.3) is 11.1 Å². The molecule has 0 aromatic heterocycles. The maximum atomic E-state index is 10.4. The van der Waals surface area contributed by atoms with Crippen molar-refractivity contribution in [1.82, 2.24) is 0 Å². The summed E-state index contributed by atoms with van der Waals surface area (Å²) in [7, 11) is 0. The van der Waals surface area contributed by atoms with Crippen LogP contribution in [0.3, 0.4) is 0 Å². The van der Waals surface area contributed by atoms with Gasteiger partial charge in [-0.15, -0.1) is 0 Å². The standard InChI is InChI=1S/C22H18ClNO4/c23-20-8-2-5-17(11-20)14-27-21-9-3-7-19(12-21)18-6-1-4-16(10-18)13-24-28-15-22(25)26/h1-13H,14-15H2,(H,25,26)/b24-13+. The van der Waals surface area contributed by atoms with Crippen molar-refractivity contribution in [2.75, 3.05) is 6.61 Å². The molecule has 0 amide bonds. The first-order valence-corrected chi connectivity index (χ1v) is 8.93. The zero-order chi connectivity index (χ0) is 19.8. The van der Waals surface area contributed by atoms with E-state index in [-0.39, 0.29) is 0 Å². The molecule has 3 rings (SSSR count). The topological polar surface area (TPSA) is 68.1 Å². The third-order valence-electron chi connectivity index (χ3n) is 3.81. The number of carboxylic acid groups (broad SMARTS) is 1. The highest BCUT2D eigenvalue weighted by molar-refractivity contribution is 6.30. The summed E-state index contributed by atoms with van der Waals surface area (Å²) in [5.74, 6) is -0.318. The first-order valence-electron chi connectivity index (χ1n) is 8.55. The van der Waals surface area contributed by atoms with Crippen LogP contribution in [-0.4, -0.2) is 23.9 Å². The zero-order valence-corrected chi connectivity index (χ0v) is 15.7. The largest absolute Gasteiger partial charge is 0.489 e. The molecule has 0 saturated carbocycles. The molecule has 3 aromatic carbocycles. The highest BCUT2D eigenvalue weighted by Gasteiger charge is 2.03.